The highest BCUT2D eigenvalue weighted by atomic mass is 16.5. The average molecular weight is 284 g/mol. The second-order valence-corrected chi connectivity index (χ2v) is 7.14. The molecular formula is C17H36N2O. The first-order valence-corrected chi connectivity index (χ1v) is 8.48. The average Bonchev–Trinajstić information content (AvgIpc) is 2.36. The third-order valence-corrected chi connectivity index (χ3v) is 4.47. The molecule has 1 rings (SSSR count). The number of likely N-dealkylation sites (N-methyl/N-ethyl adjacent to an activating group) is 1. The topological polar surface area (TPSA) is 24.5 Å². The van der Waals surface area contributed by atoms with Crippen molar-refractivity contribution in [1.29, 1.82) is 0 Å². The van der Waals surface area contributed by atoms with E-state index in [2.05, 4.69) is 45.0 Å². The van der Waals surface area contributed by atoms with Crippen molar-refractivity contribution >= 4 is 0 Å². The summed E-state index contributed by atoms with van der Waals surface area (Å²) in [6.07, 6.45) is 5.89. The Bertz CT molecular complexity index is 257. The molecule has 20 heavy (non-hydrogen) atoms. The Morgan fingerprint density at radius 3 is 2.75 bits per heavy atom. The molecule has 0 heterocycles. The van der Waals surface area contributed by atoms with Crippen LogP contribution in [0.3, 0.4) is 0 Å². The van der Waals surface area contributed by atoms with Crippen LogP contribution in [0.15, 0.2) is 0 Å². The van der Waals surface area contributed by atoms with Gasteiger partial charge < -0.3 is 15.0 Å². The standard InChI is InChI=1S/C17H36N2O/c1-6-18-13-17(9-7-8-16(4)12-17)14-19(5)10-11-20-15(2)3/h15-16,18H,6-14H2,1-5H3. The van der Waals surface area contributed by atoms with Crippen molar-refractivity contribution in [3.63, 3.8) is 0 Å². The van der Waals surface area contributed by atoms with Gasteiger partial charge in [0.15, 0.2) is 0 Å². The Morgan fingerprint density at radius 2 is 2.15 bits per heavy atom. The summed E-state index contributed by atoms with van der Waals surface area (Å²) in [5.41, 5.74) is 0.472. The van der Waals surface area contributed by atoms with Gasteiger partial charge in [-0.3, -0.25) is 0 Å². The van der Waals surface area contributed by atoms with E-state index in [1.807, 2.05) is 0 Å². The first-order chi connectivity index (χ1) is 9.47. The molecule has 2 unspecified atom stereocenters. The van der Waals surface area contributed by atoms with Crippen LogP contribution in [-0.2, 0) is 4.74 Å². The fourth-order valence-corrected chi connectivity index (χ4v) is 3.61. The van der Waals surface area contributed by atoms with E-state index < -0.39 is 0 Å². The van der Waals surface area contributed by atoms with E-state index >= 15 is 0 Å². The van der Waals surface area contributed by atoms with Crippen LogP contribution in [0.25, 0.3) is 0 Å². The Morgan fingerprint density at radius 1 is 1.40 bits per heavy atom. The SMILES string of the molecule is CCNCC1(CN(C)CCOC(C)C)CCCC(C)C1. The second kappa shape index (κ2) is 9.01. The minimum absolute atomic E-state index is 0.342. The number of ether oxygens (including phenoxy) is 1. The lowest BCUT2D eigenvalue weighted by Gasteiger charge is -2.43. The maximum absolute atomic E-state index is 5.68. The van der Waals surface area contributed by atoms with Crippen LogP contribution in [0.5, 0.6) is 0 Å². The lowest BCUT2D eigenvalue weighted by molar-refractivity contribution is 0.0425. The summed E-state index contributed by atoms with van der Waals surface area (Å²) < 4.78 is 5.68. The summed E-state index contributed by atoms with van der Waals surface area (Å²) in [5, 5.41) is 3.60. The van der Waals surface area contributed by atoms with Gasteiger partial charge in [-0.05, 0) is 51.6 Å². The molecule has 0 aromatic carbocycles. The van der Waals surface area contributed by atoms with Gasteiger partial charge in [0.05, 0.1) is 12.7 Å². The third-order valence-electron chi connectivity index (χ3n) is 4.47. The third kappa shape index (κ3) is 6.55. The molecule has 0 spiro atoms. The fourth-order valence-electron chi connectivity index (χ4n) is 3.61. The molecular weight excluding hydrogens is 248 g/mol. The molecule has 3 nitrogen and oxygen atoms in total. The zero-order valence-electron chi connectivity index (χ0n) is 14.4. The predicted octanol–water partition coefficient (Wildman–Crippen LogP) is 3.15. The number of hydrogen-bond donors (Lipinski definition) is 1. The maximum Gasteiger partial charge on any atom is 0.0596 e. The highest BCUT2D eigenvalue weighted by Gasteiger charge is 2.35. The molecule has 1 N–H and O–H groups in total. The molecule has 0 bridgehead atoms. The zero-order chi connectivity index (χ0) is 15.0. The minimum Gasteiger partial charge on any atom is -0.377 e. The molecule has 1 aliphatic rings. The van der Waals surface area contributed by atoms with Crippen molar-refractivity contribution in [3.05, 3.63) is 0 Å². The Labute approximate surface area is 126 Å². The van der Waals surface area contributed by atoms with Crippen molar-refractivity contribution in [2.75, 3.05) is 39.8 Å². The van der Waals surface area contributed by atoms with Gasteiger partial charge in [0.1, 0.15) is 0 Å². The number of rotatable bonds is 9. The molecule has 0 saturated heterocycles. The molecule has 0 aromatic heterocycles. The van der Waals surface area contributed by atoms with Gasteiger partial charge in [0, 0.05) is 19.6 Å². The van der Waals surface area contributed by atoms with Crippen molar-refractivity contribution in [2.24, 2.45) is 11.3 Å². The van der Waals surface area contributed by atoms with E-state index in [1.165, 1.54) is 38.8 Å². The van der Waals surface area contributed by atoms with Gasteiger partial charge in [0.2, 0.25) is 0 Å². The van der Waals surface area contributed by atoms with Crippen LogP contribution in [0.2, 0.25) is 0 Å². The molecule has 1 saturated carbocycles. The van der Waals surface area contributed by atoms with Crippen molar-refractivity contribution in [1.82, 2.24) is 10.2 Å². The summed E-state index contributed by atoms with van der Waals surface area (Å²) >= 11 is 0. The van der Waals surface area contributed by atoms with Crippen molar-refractivity contribution in [2.45, 2.75) is 59.5 Å². The largest absolute Gasteiger partial charge is 0.377 e. The molecule has 120 valence electrons. The summed E-state index contributed by atoms with van der Waals surface area (Å²) in [5.74, 6) is 0.878. The summed E-state index contributed by atoms with van der Waals surface area (Å²) in [7, 11) is 2.25. The lowest BCUT2D eigenvalue weighted by atomic mass is 9.69. The minimum atomic E-state index is 0.342. The number of nitrogens with one attached hydrogen (secondary N) is 1. The van der Waals surface area contributed by atoms with E-state index in [0.29, 0.717) is 11.5 Å². The number of hydrogen-bond acceptors (Lipinski definition) is 3. The summed E-state index contributed by atoms with van der Waals surface area (Å²) in [4.78, 5) is 2.47. The van der Waals surface area contributed by atoms with Crippen LogP contribution in [0.4, 0.5) is 0 Å². The van der Waals surface area contributed by atoms with Gasteiger partial charge >= 0.3 is 0 Å². The first-order valence-electron chi connectivity index (χ1n) is 8.48. The van der Waals surface area contributed by atoms with Crippen LogP contribution in [0, 0.1) is 11.3 Å². The summed E-state index contributed by atoms with van der Waals surface area (Å²) in [6, 6.07) is 0. The van der Waals surface area contributed by atoms with Gasteiger partial charge in [-0.2, -0.15) is 0 Å². The maximum atomic E-state index is 5.68. The smallest absolute Gasteiger partial charge is 0.0596 e. The van der Waals surface area contributed by atoms with E-state index in [0.717, 1.165) is 25.6 Å². The van der Waals surface area contributed by atoms with Crippen LogP contribution in [0.1, 0.15) is 53.4 Å². The Balaban J connectivity index is 2.46. The van der Waals surface area contributed by atoms with Gasteiger partial charge in [-0.25, -0.2) is 0 Å². The van der Waals surface area contributed by atoms with Crippen molar-refractivity contribution < 1.29 is 4.74 Å². The fraction of sp³-hybridized carbons (Fsp3) is 1.00. The molecule has 3 heteroatoms. The summed E-state index contributed by atoms with van der Waals surface area (Å²) in [6.45, 7) is 14.2. The predicted molar refractivity (Wildman–Crippen MR) is 87.2 cm³/mol. The molecule has 2 atom stereocenters. The molecule has 0 aromatic rings. The van der Waals surface area contributed by atoms with Gasteiger partial charge in [-0.15, -0.1) is 0 Å². The van der Waals surface area contributed by atoms with Crippen LogP contribution in [-0.4, -0.2) is 50.8 Å². The molecule has 0 aliphatic heterocycles. The van der Waals surface area contributed by atoms with Crippen LogP contribution >= 0.6 is 0 Å². The van der Waals surface area contributed by atoms with E-state index in [4.69, 9.17) is 4.74 Å². The highest BCUT2D eigenvalue weighted by molar-refractivity contribution is 4.89. The molecule has 0 radical (unpaired) electrons. The van der Waals surface area contributed by atoms with E-state index in [9.17, 15) is 0 Å². The monoisotopic (exact) mass is 284 g/mol. The Kier molecular flexibility index (Phi) is 8.08. The molecule has 0 amide bonds. The second-order valence-electron chi connectivity index (χ2n) is 7.14. The number of nitrogens with zero attached hydrogens (tertiary/aromatic N) is 1. The Hall–Kier alpha value is -0.120. The quantitative estimate of drug-likeness (QED) is 0.704. The van der Waals surface area contributed by atoms with E-state index in [1.54, 1.807) is 0 Å². The van der Waals surface area contributed by atoms with E-state index in [-0.39, 0.29) is 0 Å². The normalized spacial score (nSPS) is 27.4. The molecule has 1 fully saturated rings. The molecule has 1 aliphatic carbocycles. The van der Waals surface area contributed by atoms with Crippen molar-refractivity contribution in [3.8, 4) is 0 Å². The van der Waals surface area contributed by atoms with Gasteiger partial charge in [0.25, 0.3) is 0 Å². The van der Waals surface area contributed by atoms with Crippen LogP contribution < -0.4 is 5.32 Å². The van der Waals surface area contributed by atoms with Gasteiger partial charge in [-0.1, -0.05) is 26.7 Å². The highest BCUT2D eigenvalue weighted by Crippen LogP contribution is 2.39. The lowest BCUT2D eigenvalue weighted by Crippen LogP contribution is -2.46. The first kappa shape index (κ1) is 17.9. The zero-order valence-corrected chi connectivity index (χ0v) is 14.4.